The van der Waals surface area contributed by atoms with Gasteiger partial charge in [0, 0.05) is 12.1 Å². The molecule has 0 aliphatic carbocycles. The summed E-state index contributed by atoms with van der Waals surface area (Å²) in [4.78, 5) is -0.0731. The highest BCUT2D eigenvalue weighted by atomic mass is 32.2. The first-order valence-electron chi connectivity index (χ1n) is 6.34. The molecule has 3 rings (SSSR count). The zero-order valence-electron chi connectivity index (χ0n) is 11.5. The number of benzene rings is 2. The molecule has 0 aliphatic heterocycles. The Morgan fingerprint density at radius 1 is 1.09 bits per heavy atom. The van der Waals surface area contributed by atoms with Crippen LogP contribution in [-0.2, 0) is 10.0 Å². The van der Waals surface area contributed by atoms with Gasteiger partial charge < -0.3 is 9.63 Å². The van der Waals surface area contributed by atoms with Crippen molar-refractivity contribution in [2.75, 3.05) is 0 Å². The number of nitrogens with two attached hydrogens (primary N) is 1. The quantitative estimate of drug-likeness (QED) is 0.699. The summed E-state index contributed by atoms with van der Waals surface area (Å²) in [5, 5.41) is 20.5. The van der Waals surface area contributed by atoms with Gasteiger partial charge in [-0.15, -0.1) is 0 Å². The van der Waals surface area contributed by atoms with Crippen LogP contribution >= 0.6 is 0 Å². The maximum Gasteiger partial charge on any atom is 0.270 e. The number of hydrogen-bond donors (Lipinski definition) is 1. The number of sulfonamides is 1. The van der Waals surface area contributed by atoms with Crippen LogP contribution in [-0.4, -0.2) is 13.7 Å². The van der Waals surface area contributed by atoms with Crippen molar-refractivity contribution in [3.63, 3.8) is 0 Å². The highest BCUT2D eigenvalue weighted by Crippen LogP contribution is 2.24. The second-order valence-corrected chi connectivity index (χ2v) is 6.23. The highest BCUT2D eigenvalue weighted by Gasteiger charge is 2.22. The molecular weight excluding hydrogens is 325 g/mol. The minimum Gasteiger partial charge on any atom is -0.539 e. The van der Waals surface area contributed by atoms with Crippen LogP contribution in [0.3, 0.4) is 0 Å². The summed E-state index contributed by atoms with van der Waals surface area (Å²) in [5.41, 5.74) is 0.893. The molecule has 0 saturated carbocycles. The van der Waals surface area contributed by atoms with Crippen molar-refractivity contribution in [2.45, 2.75) is 4.90 Å². The summed E-state index contributed by atoms with van der Waals surface area (Å²) in [5.74, 6) is -1.14. The minimum atomic E-state index is -3.82. The molecule has 7 nitrogen and oxygen atoms in total. The Morgan fingerprint density at radius 3 is 2.26 bits per heavy atom. The van der Waals surface area contributed by atoms with E-state index in [1.165, 1.54) is 53.2 Å². The van der Waals surface area contributed by atoms with E-state index in [4.69, 9.17) is 5.14 Å². The van der Waals surface area contributed by atoms with E-state index in [1.54, 1.807) is 0 Å². The Morgan fingerprint density at radius 2 is 1.70 bits per heavy atom. The lowest BCUT2D eigenvalue weighted by Crippen LogP contribution is -2.34. The van der Waals surface area contributed by atoms with Crippen molar-refractivity contribution in [3.05, 3.63) is 54.3 Å². The number of hydrogen-bond acceptors (Lipinski definition) is 5. The molecule has 2 N–H and O–H groups in total. The van der Waals surface area contributed by atoms with Gasteiger partial charge in [0.05, 0.1) is 15.7 Å². The van der Waals surface area contributed by atoms with Crippen molar-refractivity contribution in [2.24, 2.45) is 5.14 Å². The van der Waals surface area contributed by atoms with Gasteiger partial charge in [0.2, 0.25) is 15.7 Å². The maximum absolute atomic E-state index is 13.0. The van der Waals surface area contributed by atoms with Crippen molar-refractivity contribution >= 4 is 10.0 Å². The molecule has 0 aliphatic rings. The number of rotatable bonds is 3. The SMILES string of the molecule is NS(=O)(=O)c1ccc(-[n+]2noc([O-])c2-c2ccc(F)cc2)cc1. The Kier molecular flexibility index (Phi) is 3.58. The average Bonchev–Trinajstić information content (AvgIpc) is 2.89. The molecule has 1 heterocycles. The van der Waals surface area contributed by atoms with E-state index in [-0.39, 0.29) is 10.6 Å². The van der Waals surface area contributed by atoms with E-state index in [9.17, 15) is 17.9 Å². The number of halogens is 1. The third-order valence-corrected chi connectivity index (χ3v) is 4.07. The van der Waals surface area contributed by atoms with Crippen LogP contribution in [0.5, 0.6) is 5.95 Å². The fraction of sp³-hybridized carbons (Fsp3) is 0. The van der Waals surface area contributed by atoms with Gasteiger partial charge in [-0.2, -0.15) is 0 Å². The van der Waals surface area contributed by atoms with E-state index in [0.717, 1.165) is 0 Å². The van der Waals surface area contributed by atoms with Gasteiger partial charge in [-0.3, -0.25) is 0 Å². The largest absolute Gasteiger partial charge is 0.539 e. The van der Waals surface area contributed by atoms with E-state index in [1.807, 2.05) is 0 Å². The second kappa shape index (κ2) is 5.45. The number of nitrogens with zero attached hydrogens (tertiary/aromatic N) is 2. The Balaban J connectivity index is 2.10. The van der Waals surface area contributed by atoms with Crippen LogP contribution in [0.15, 0.2) is 57.9 Å². The molecule has 9 heteroatoms. The smallest absolute Gasteiger partial charge is 0.270 e. The lowest BCUT2D eigenvalue weighted by molar-refractivity contribution is -0.660. The lowest BCUT2D eigenvalue weighted by Gasteiger charge is -2.00. The molecule has 0 unspecified atom stereocenters. The predicted molar refractivity (Wildman–Crippen MR) is 74.2 cm³/mol. The molecule has 0 amide bonds. The molecule has 0 saturated heterocycles. The predicted octanol–water partition coefficient (Wildman–Crippen LogP) is 0.478. The first kappa shape index (κ1) is 15.1. The topological polar surface area (TPSA) is 113 Å². The van der Waals surface area contributed by atoms with E-state index in [2.05, 4.69) is 9.79 Å². The van der Waals surface area contributed by atoms with E-state index >= 15 is 0 Å². The van der Waals surface area contributed by atoms with Crippen LogP contribution in [0.4, 0.5) is 4.39 Å². The zero-order chi connectivity index (χ0) is 16.6. The molecule has 2 aromatic carbocycles. The minimum absolute atomic E-state index is 0.0731. The molecule has 0 atom stereocenters. The van der Waals surface area contributed by atoms with Gasteiger partial charge in [-0.1, -0.05) is 0 Å². The molecule has 0 radical (unpaired) electrons. The molecule has 0 fully saturated rings. The van der Waals surface area contributed by atoms with Gasteiger partial charge in [-0.05, 0) is 41.1 Å². The van der Waals surface area contributed by atoms with Crippen LogP contribution in [0.2, 0.25) is 0 Å². The molecule has 0 spiro atoms. The van der Waals surface area contributed by atoms with Crippen molar-refractivity contribution < 1.29 is 27.1 Å². The van der Waals surface area contributed by atoms with E-state index < -0.39 is 21.8 Å². The second-order valence-electron chi connectivity index (χ2n) is 4.67. The monoisotopic (exact) mass is 335 g/mol. The Labute approximate surface area is 130 Å². The van der Waals surface area contributed by atoms with Crippen molar-refractivity contribution in [1.29, 1.82) is 0 Å². The number of primary sulfonamides is 1. The molecule has 23 heavy (non-hydrogen) atoms. The summed E-state index contributed by atoms with van der Waals surface area (Å²) in [7, 11) is -3.82. The molecular formula is C14H10FN3O4S. The summed E-state index contributed by atoms with van der Waals surface area (Å²) in [6.45, 7) is 0. The van der Waals surface area contributed by atoms with Crippen LogP contribution in [0, 0.1) is 5.82 Å². The fourth-order valence-corrected chi connectivity index (χ4v) is 2.57. The first-order chi connectivity index (χ1) is 10.9. The van der Waals surface area contributed by atoms with E-state index in [0.29, 0.717) is 11.3 Å². The average molecular weight is 335 g/mol. The molecule has 0 bridgehead atoms. The van der Waals surface area contributed by atoms with Gasteiger partial charge >= 0.3 is 0 Å². The van der Waals surface area contributed by atoms with Crippen LogP contribution in [0.1, 0.15) is 0 Å². The number of aromatic nitrogens is 2. The Bertz CT molecular complexity index is 951. The van der Waals surface area contributed by atoms with Gasteiger partial charge in [-0.25, -0.2) is 17.9 Å². The highest BCUT2D eigenvalue weighted by molar-refractivity contribution is 7.89. The van der Waals surface area contributed by atoms with Gasteiger partial charge in [0.25, 0.3) is 5.69 Å². The normalized spacial score (nSPS) is 11.6. The summed E-state index contributed by atoms with van der Waals surface area (Å²) in [6.07, 6.45) is 0. The summed E-state index contributed by atoms with van der Waals surface area (Å²) in [6, 6.07) is 10.7. The lowest BCUT2D eigenvalue weighted by atomic mass is 10.1. The van der Waals surface area contributed by atoms with Gasteiger partial charge in [0.1, 0.15) is 5.82 Å². The third-order valence-electron chi connectivity index (χ3n) is 3.14. The van der Waals surface area contributed by atoms with Crippen LogP contribution in [0.25, 0.3) is 16.9 Å². The Hall–Kier alpha value is -2.78. The van der Waals surface area contributed by atoms with Gasteiger partial charge in [0.15, 0.2) is 5.95 Å². The zero-order valence-corrected chi connectivity index (χ0v) is 12.3. The maximum atomic E-state index is 13.0. The molecule has 118 valence electrons. The first-order valence-corrected chi connectivity index (χ1v) is 7.89. The summed E-state index contributed by atoms with van der Waals surface area (Å²) >= 11 is 0. The van der Waals surface area contributed by atoms with Crippen LogP contribution < -0.4 is 14.9 Å². The third kappa shape index (κ3) is 2.91. The van der Waals surface area contributed by atoms with Crippen molar-refractivity contribution in [3.8, 4) is 22.9 Å². The molecule has 1 aromatic heterocycles. The molecule has 3 aromatic rings. The van der Waals surface area contributed by atoms with Crippen molar-refractivity contribution in [1.82, 2.24) is 5.27 Å². The summed E-state index contributed by atoms with van der Waals surface area (Å²) < 4.78 is 41.4. The fourth-order valence-electron chi connectivity index (χ4n) is 2.05. The standard InChI is InChI=1S/C14H10FN3O4S/c15-10-3-1-9(2-4-10)13-14(19)22-17-18(13)11-5-7-12(8-6-11)23(16,20)21/h1-8H,(H2-,16,17,19,20,21).